The first-order valence-electron chi connectivity index (χ1n) is 4.48. The van der Waals surface area contributed by atoms with Crippen molar-refractivity contribution in [2.24, 2.45) is 0 Å². The van der Waals surface area contributed by atoms with Crippen molar-refractivity contribution in [1.82, 2.24) is 9.38 Å². The number of hydrogen-bond donors (Lipinski definition) is 0. The second-order valence-corrected chi connectivity index (χ2v) is 3.58. The summed E-state index contributed by atoms with van der Waals surface area (Å²) < 4.78 is 1.84. The van der Waals surface area contributed by atoms with E-state index in [1.165, 1.54) is 0 Å². The first kappa shape index (κ1) is 9.93. The third-order valence-corrected chi connectivity index (χ3v) is 2.35. The van der Waals surface area contributed by atoms with Gasteiger partial charge in [-0.05, 0) is 30.7 Å². The van der Waals surface area contributed by atoms with Gasteiger partial charge >= 0.3 is 0 Å². The van der Waals surface area contributed by atoms with Gasteiger partial charge in [0.2, 0.25) is 0 Å². The van der Waals surface area contributed by atoms with Crippen LogP contribution in [0.2, 0.25) is 5.15 Å². The van der Waals surface area contributed by atoms with E-state index in [2.05, 4.69) is 4.98 Å². The number of nitrogens with zero attached hydrogens (tertiary/aromatic N) is 2. The van der Waals surface area contributed by atoms with E-state index in [9.17, 15) is 4.79 Å². The highest BCUT2D eigenvalue weighted by Crippen LogP contribution is 2.19. The minimum Gasteiger partial charge on any atom is -0.299 e. The van der Waals surface area contributed by atoms with Crippen LogP contribution in [-0.2, 0) is 4.79 Å². The van der Waals surface area contributed by atoms with Gasteiger partial charge in [-0.2, -0.15) is 0 Å². The van der Waals surface area contributed by atoms with Crippen molar-refractivity contribution in [3.05, 3.63) is 40.8 Å². The van der Waals surface area contributed by atoms with Gasteiger partial charge in [-0.15, -0.1) is 0 Å². The van der Waals surface area contributed by atoms with Gasteiger partial charge < -0.3 is 0 Å². The van der Waals surface area contributed by atoms with E-state index >= 15 is 0 Å². The number of pyridine rings is 1. The molecule has 0 saturated heterocycles. The SMILES string of the molecule is CC(C=O)=Cc1c(Cl)nc2ccccn12. The van der Waals surface area contributed by atoms with Crippen LogP contribution in [0.4, 0.5) is 0 Å². The molecular formula is C11H9ClN2O. The monoisotopic (exact) mass is 220 g/mol. The van der Waals surface area contributed by atoms with Crippen molar-refractivity contribution in [1.29, 1.82) is 0 Å². The Kier molecular flexibility index (Phi) is 2.56. The Balaban J connectivity index is 2.69. The van der Waals surface area contributed by atoms with Gasteiger partial charge in [-0.3, -0.25) is 9.20 Å². The van der Waals surface area contributed by atoms with Crippen LogP contribution in [-0.4, -0.2) is 15.7 Å². The van der Waals surface area contributed by atoms with Crippen LogP contribution >= 0.6 is 11.6 Å². The van der Waals surface area contributed by atoms with Crippen LogP contribution in [0.1, 0.15) is 12.6 Å². The average Bonchev–Trinajstić information content (AvgIpc) is 2.55. The first-order chi connectivity index (χ1) is 7.22. The van der Waals surface area contributed by atoms with Gasteiger partial charge in [0.25, 0.3) is 0 Å². The van der Waals surface area contributed by atoms with E-state index in [4.69, 9.17) is 11.6 Å². The summed E-state index contributed by atoms with van der Waals surface area (Å²) in [4.78, 5) is 14.7. The molecule has 0 spiro atoms. The first-order valence-corrected chi connectivity index (χ1v) is 4.86. The minimum atomic E-state index is 0.405. The fraction of sp³-hybridized carbons (Fsp3) is 0.0909. The number of halogens is 1. The third kappa shape index (κ3) is 1.78. The number of allylic oxidation sites excluding steroid dienone is 1. The molecule has 0 fully saturated rings. The summed E-state index contributed by atoms with van der Waals surface area (Å²) in [6.45, 7) is 1.73. The van der Waals surface area contributed by atoms with Crippen molar-refractivity contribution in [3.63, 3.8) is 0 Å². The predicted octanol–water partition coefficient (Wildman–Crippen LogP) is 2.59. The summed E-state index contributed by atoms with van der Waals surface area (Å²) in [7, 11) is 0. The highest BCUT2D eigenvalue weighted by Gasteiger charge is 2.06. The van der Waals surface area contributed by atoms with Crippen molar-refractivity contribution >= 4 is 29.6 Å². The van der Waals surface area contributed by atoms with Crippen LogP contribution in [0.5, 0.6) is 0 Å². The van der Waals surface area contributed by atoms with Crippen molar-refractivity contribution in [3.8, 4) is 0 Å². The lowest BCUT2D eigenvalue weighted by Gasteiger charge is -1.96. The molecule has 2 rings (SSSR count). The van der Waals surface area contributed by atoms with E-state index in [0.717, 1.165) is 17.6 Å². The molecule has 0 aliphatic carbocycles. The molecule has 2 aromatic rings. The van der Waals surface area contributed by atoms with E-state index in [-0.39, 0.29) is 0 Å². The lowest BCUT2D eigenvalue weighted by atomic mass is 10.3. The topological polar surface area (TPSA) is 34.4 Å². The Morgan fingerprint density at radius 2 is 2.33 bits per heavy atom. The maximum absolute atomic E-state index is 10.5. The van der Waals surface area contributed by atoms with Crippen molar-refractivity contribution < 1.29 is 4.79 Å². The van der Waals surface area contributed by atoms with E-state index < -0.39 is 0 Å². The number of imidazole rings is 1. The number of carbonyl (C=O) groups excluding carboxylic acids is 1. The maximum Gasteiger partial charge on any atom is 0.155 e. The predicted molar refractivity (Wildman–Crippen MR) is 59.9 cm³/mol. The molecule has 0 atom stereocenters. The zero-order chi connectivity index (χ0) is 10.8. The highest BCUT2D eigenvalue weighted by molar-refractivity contribution is 6.31. The van der Waals surface area contributed by atoms with Crippen molar-refractivity contribution in [2.45, 2.75) is 6.92 Å². The lowest BCUT2D eigenvalue weighted by molar-refractivity contribution is -0.104. The molecule has 0 saturated carbocycles. The molecule has 0 amide bonds. The second-order valence-electron chi connectivity index (χ2n) is 3.22. The molecule has 0 aromatic carbocycles. The van der Waals surface area contributed by atoms with Gasteiger partial charge in [0, 0.05) is 6.20 Å². The molecule has 4 heteroatoms. The minimum absolute atomic E-state index is 0.405. The Hall–Kier alpha value is -1.61. The molecule has 15 heavy (non-hydrogen) atoms. The zero-order valence-corrected chi connectivity index (χ0v) is 8.90. The molecule has 0 N–H and O–H groups in total. The Labute approximate surface area is 92.0 Å². The summed E-state index contributed by atoms with van der Waals surface area (Å²) in [6.07, 6.45) is 4.37. The van der Waals surface area contributed by atoms with E-state index in [1.54, 1.807) is 13.0 Å². The summed E-state index contributed by atoms with van der Waals surface area (Å²) in [6, 6.07) is 5.64. The summed E-state index contributed by atoms with van der Waals surface area (Å²) in [5.41, 5.74) is 2.12. The molecule has 0 radical (unpaired) electrons. The van der Waals surface area contributed by atoms with Gasteiger partial charge in [0.1, 0.15) is 11.9 Å². The number of hydrogen-bond acceptors (Lipinski definition) is 2. The van der Waals surface area contributed by atoms with Crippen LogP contribution in [0.25, 0.3) is 11.7 Å². The average molecular weight is 221 g/mol. The Morgan fingerprint density at radius 1 is 1.53 bits per heavy atom. The molecule has 3 nitrogen and oxygen atoms in total. The van der Waals surface area contributed by atoms with Crippen LogP contribution in [0.3, 0.4) is 0 Å². The lowest BCUT2D eigenvalue weighted by Crippen LogP contribution is -1.87. The summed E-state index contributed by atoms with van der Waals surface area (Å²) in [5, 5.41) is 0.405. The van der Waals surface area contributed by atoms with Gasteiger partial charge in [0.15, 0.2) is 5.15 Å². The molecule has 76 valence electrons. The zero-order valence-electron chi connectivity index (χ0n) is 8.14. The standard InChI is InChI=1S/C11H9ClN2O/c1-8(7-15)6-9-11(12)13-10-4-2-3-5-14(9)10/h2-7H,1H3. The van der Waals surface area contributed by atoms with Crippen molar-refractivity contribution in [2.75, 3.05) is 0 Å². The molecule has 0 aliphatic heterocycles. The molecule has 0 unspecified atom stereocenters. The summed E-state index contributed by atoms with van der Waals surface area (Å²) in [5.74, 6) is 0. The fourth-order valence-electron chi connectivity index (χ4n) is 1.36. The number of aldehydes is 1. The van der Waals surface area contributed by atoms with Crippen LogP contribution < -0.4 is 0 Å². The maximum atomic E-state index is 10.5. The summed E-state index contributed by atoms with van der Waals surface area (Å²) >= 11 is 5.98. The number of carbonyl (C=O) groups is 1. The smallest absolute Gasteiger partial charge is 0.155 e. The third-order valence-electron chi connectivity index (χ3n) is 2.07. The van der Waals surface area contributed by atoms with E-state index in [1.807, 2.05) is 28.8 Å². The van der Waals surface area contributed by atoms with Gasteiger partial charge in [-0.1, -0.05) is 17.7 Å². The van der Waals surface area contributed by atoms with Gasteiger partial charge in [-0.25, -0.2) is 4.98 Å². The largest absolute Gasteiger partial charge is 0.299 e. The van der Waals surface area contributed by atoms with Crippen LogP contribution in [0.15, 0.2) is 30.0 Å². The molecule has 2 heterocycles. The Morgan fingerprint density at radius 3 is 3.07 bits per heavy atom. The number of aromatic nitrogens is 2. The fourth-order valence-corrected chi connectivity index (χ4v) is 1.60. The Bertz CT molecular complexity index is 543. The van der Waals surface area contributed by atoms with E-state index in [0.29, 0.717) is 10.7 Å². The van der Waals surface area contributed by atoms with Gasteiger partial charge in [0.05, 0.1) is 5.69 Å². The quantitative estimate of drug-likeness (QED) is 0.576. The molecular weight excluding hydrogens is 212 g/mol. The molecule has 0 aliphatic rings. The highest BCUT2D eigenvalue weighted by atomic mass is 35.5. The van der Waals surface area contributed by atoms with Crippen LogP contribution in [0, 0.1) is 0 Å². The molecule has 0 bridgehead atoms. The second kappa shape index (κ2) is 3.87. The normalized spacial score (nSPS) is 12.0. The number of rotatable bonds is 2. The number of fused-ring (bicyclic) bond motifs is 1. The molecule has 2 aromatic heterocycles.